The van der Waals surface area contributed by atoms with Gasteiger partial charge in [0.1, 0.15) is 6.61 Å². The zero-order chi connectivity index (χ0) is 9.40. The molecule has 0 aliphatic heterocycles. The number of hydrogen-bond acceptors (Lipinski definition) is 3. The Bertz CT molecular complexity index is 123. The van der Waals surface area contributed by atoms with E-state index < -0.39 is 0 Å². The van der Waals surface area contributed by atoms with Crippen molar-refractivity contribution >= 4 is 5.97 Å². The standard InChI is InChI=1S/C9H18O3/c1-4-5-8(2)9(10)12-7-6-11-3/h8H,4-7H2,1-3H3/t8-/m1/s1. The first-order valence-corrected chi connectivity index (χ1v) is 4.38. The van der Waals surface area contributed by atoms with Crippen LogP contribution < -0.4 is 0 Å². The maximum Gasteiger partial charge on any atom is 0.308 e. The summed E-state index contributed by atoms with van der Waals surface area (Å²) in [7, 11) is 1.59. The van der Waals surface area contributed by atoms with Gasteiger partial charge in [-0.1, -0.05) is 20.3 Å². The van der Waals surface area contributed by atoms with Gasteiger partial charge in [-0.15, -0.1) is 0 Å². The van der Waals surface area contributed by atoms with Crippen LogP contribution in [0.1, 0.15) is 26.7 Å². The van der Waals surface area contributed by atoms with Crippen molar-refractivity contribution in [1.29, 1.82) is 0 Å². The highest BCUT2D eigenvalue weighted by molar-refractivity contribution is 5.71. The van der Waals surface area contributed by atoms with E-state index in [0.29, 0.717) is 13.2 Å². The zero-order valence-corrected chi connectivity index (χ0v) is 8.13. The lowest BCUT2D eigenvalue weighted by atomic mass is 10.1. The minimum Gasteiger partial charge on any atom is -0.463 e. The van der Waals surface area contributed by atoms with Gasteiger partial charge in [0.05, 0.1) is 12.5 Å². The van der Waals surface area contributed by atoms with E-state index in [0.717, 1.165) is 12.8 Å². The Morgan fingerprint density at radius 2 is 2.08 bits per heavy atom. The van der Waals surface area contributed by atoms with E-state index in [2.05, 4.69) is 6.92 Å². The van der Waals surface area contributed by atoms with Crippen LogP contribution in [0.3, 0.4) is 0 Å². The first-order valence-electron chi connectivity index (χ1n) is 4.38. The van der Waals surface area contributed by atoms with Crippen molar-refractivity contribution in [3.05, 3.63) is 0 Å². The van der Waals surface area contributed by atoms with Gasteiger partial charge in [-0.2, -0.15) is 0 Å². The Morgan fingerprint density at radius 3 is 2.58 bits per heavy atom. The number of carbonyl (C=O) groups excluding carboxylic acids is 1. The summed E-state index contributed by atoms with van der Waals surface area (Å²) in [6, 6.07) is 0. The van der Waals surface area contributed by atoms with Crippen molar-refractivity contribution < 1.29 is 14.3 Å². The van der Waals surface area contributed by atoms with Gasteiger partial charge in [-0.25, -0.2) is 0 Å². The third kappa shape index (κ3) is 5.13. The van der Waals surface area contributed by atoms with Crippen LogP contribution in [0.5, 0.6) is 0 Å². The molecule has 0 aliphatic carbocycles. The number of methoxy groups -OCH3 is 1. The summed E-state index contributed by atoms with van der Waals surface area (Å²) in [5.41, 5.74) is 0. The molecule has 0 aromatic rings. The van der Waals surface area contributed by atoms with Crippen LogP contribution in [-0.4, -0.2) is 26.3 Å². The molecule has 0 unspecified atom stereocenters. The minimum absolute atomic E-state index is 0.0202. The lowest BCUT2D eigenvalue weighted by molar-refractivity contribution is -0.149. The number of carbonyl (C=O) groups is 1. The molecule has 72 valence electrons. The van der Waals surface area contributed by atoms with Crippen LogP contribution in [-0.2, 0) is 14.3 Å². The fourth-order valence-corrected chi connectivity index (χ4v) is 0.919. The lowest BCUT2D eigenvalue weighted by Crippen LogP contribution is -2.17. The summed E-state index contributed by atoms with van der Waals surface area (Å²) in [5.74, 6) is -0.0965. The molecular weight excluding hydrogens is 156 g/mol. The quantitative estimate of drug-likeness (QED) is 0.453. The number of hydrogen-bond donors (Lipinski definition) is 0. The monoisotopic (exact) mass is 174 g/mol. The Kier molecular flexibility index (Phi) is 6.76. The van der Waals surface area contributed by atoms with E-state index in [4.69, 9.17) is 9.47 Å². The summed E-state index contributed by atoms with van der Waals surface area (Å²) in [6.45, 7) is 4.78. The molecule has 1 atom stereocenters. The molecule has 0 spiro atoms. The molecule has 0 bridgehead atoms. The molecule has 0 rings (SSSR count). The first kappa shape index (κ1) is 11.4. The molecule has 0 saturated carbocycles. The Labute approximate surface area is 74.0 Å². The van der Waals surface area contributed by atoms with E-state index in [1.165, 1.54) is 0 Å². The average Bonchev–Trinajstić information content (AvgIpc) is 2.05. The molecule has 0 heterocycles. The second kappa shape index (κ2) is 7.10. The number of ether oxygens (including phenoxy) is 2. The van der Waals surface area contributed by atoms with Gasteiger partial charge in [-0.3, -0.25) is 4.79 Å². The van der Waals surface area contributed by atoms with E-state index >= 15 is 0 Å². The smallest absolute Gasteiger partial charge is 0.308 e. The van der Waals surface area contributed by atoms with Crippen LogP contribution in [0.2, 0.25) is 0 Å². The molecule has 0 radical (unpaired) electrons. The predicted molar refractivity (Wildman–Crippen MR) is 46.9 cm³/mol. The van der Waals surface area contributed by atoms with Gasteiger partial charge in [0.15, 0.2) is 0 Å². The summed E-state index contributed by atoms with van der Waals surface area (Å²) < 4.78 is 9.69. The Balaban J connectivity index is 3.43. The van der Waals surface area contributed by atoms with E-state index in [9.17, 15) is 4.79 Å². The normalized spacial score (nSPS) is 12.6. The van der Waals surface area contributed by atoms with Crippen LogP contribution in [0.25, 0.3) is 0 Å². The second-order valence-corrected chi connectivity index (χ2v) is 2.85. The molecule has 0 fully saturated rings. The topological polar surface area (TPSA) is 35.5 Å². The molecule has 0 aliphatic rings. The molecule has 0 aromatic carbocycles. The van der Waals surface area contributed by atoms with E-state index in [1.54, 1.807) is 7.11 Å². The van der Waals surface area contributed by atoms with Gasteiger partial charge >= 0.3 is 5.97 Å². The first-order chi connectivity index (χ1) is 5.72. The predicted octanol–water partition coefficient (Wildman–Crippen LogP) is 1.61. The summed E-state index contributed by atoms with van der Waals surface area (Å²) in [5, 5.41) is 0. The highest BCUT2D eigenvalue weighted by Gasteiger charge is 2.12. The number of rotatable bonds is 6. The molecule has 0 saturated heterocycles. The molecule has 0 N–H and O–H groups in total. The third-order valence-corrected chi connectivity index (χ3v) is 1.66. The van der Waals surface area contributed by atoms with Gasteiger partial charge in [-0.05, 0) is 6.42 Å². The Hall–Kier alpha value is -0.570. The summed E-state index contributed by atoms with van der Waals surface area (Å²) >= 11 is 0. The van der Waals surface area contributed by atoms with Crippen LogP contribution in [0.4, 0.5) is 0 Å². The highest BCUT2D eigenvalue weighted by atomic mass is 16.6. The van der Waals surface area contributed by atoms with Gasteiger partial charge in [0.25, 0.3) is 0 Å². The van der Waals surface area contributed by atoms with Crippen molar-refractivity contribution in [2.45, 2.75) is 26.7 Å². The highest BCUT2D eigenvalue weighted by Crippen LogP contribution is 2.06. The molecule has 3 nitrogen and oxygen atoms in total. The minimum atomic E-state index is -0.117. The molecule has 0 aromatic heterocycles. The van der Waals surface area contributed by atoms with Crippen LogP contribution in [0, 0.1) is 5.92 Å². The van der Waals surface area contributed by atoms with Crippen molar-refractivity contribution in [2.75, 3.05) is 20.3 Å². The van der Waals surface area contributed by atoms with Crippen LogP contribution in [0.15, 0.2) is 0 Å². The number of esters is 1. The molecule has 3 heteroatoms. The molecule has 12 heavy (non-hydrogen) atoms. The van der Waals surface area contributed by atoms with E-state index in [1.807, 2.05) is 6.92 Å². The maximum atomic E-state index is 11.1. The zero-order valence-electron chi connectivity index (χ0n) is 8.13. The SMILES string of the molecule is CCC[C@@H](C)C(=O)OCCOC. The van der Waals surface area contributed by atoms with Crippen molar-refractivity contribution in [2.24, 2.45) is 5.92 Å². The van der Waals surface area contributed by atoms with Crippen molar-refractivity contribution in [3.8, 4) is 0 Å². The Morgan fingerprint density at radius 1 is 1.42 bits per heavy atom. The summed E-state index contributed by atoms with van der Waals surface area (Å²) in [6.07, 6.45) is 1.91. The van der Waals surface area contributed by atoms with Gasteiger partial charge in [0, 0.05) is 7.11 Å². The lowest BCUT2D eigenvalue weighted by Gasteiger charge is -2.09. The third-order valence-electron chi connectivity index (χ3n) is 1.66. The van der Waals surface area contributed by atoms with E-state index in [-0.39, 0.29) is 11.9 Å². The summed E-state index contributed by atoms with van der Waals surface area (Å²) in [4.78, 5) is 11.1. The maximum absolute atomic E-state index is 11.1. The second-order valence-electron chi connectivity index (χ2n) is 2.85. The van der Waals surface area contributed by atoms with Crippen molar-refractivity contribution in [3.63, 3.8) is 0 Å². The molecular formula is C9H18O3. The van der Waals surface area contributed by atoms with Crippen molar-refractivity contribution in [1.82, 2.24) is 0 Å². The largest absolute Gasteiger partial charge is 0.463 e. The van der Waals surface area contributed by atoms with Gasteiger partial charge in [0.2, 0.25) is 0 Å². The average molecular weight is 174 g/mol. The fraction of sp³-hybridized carbons (Fsp3) is 0.889. The molecule has 0 amide bonds. The van der Waals surface area contributed by atoms with Crippen LogP contribution >= 0.6 is 0 Å². The van der Waals surface area contributed by atoms with Gasteiger partial charge < -0.3 is 9.47 Å². The fourth-order valence-electron chi connectivity index (χ4n) is 0.919.